The minimum absolute atomic E-state index is 0.304. The van der Waals surface area contributed by atoms with Crippen molar-refractivity contribution in [3.8, 4) is 0 Å². The molecular weight excluding hydrogens is 140 g/mol. The van der Waals surface area contributed by atoms with Crippen molar-refractivity contribution in [1.29, 1.82) is 0 Å². The first kappa shape index (κ1) is 6.98. The van der Waals surface area contributed by atoms with Crippen LogP contribution in [0.2, 0.25) is 0 Å². The van der Waals surface area contributed by atoms with Crippen LogP contribution in [0.5, 0.6) is 0 Å². The van der Waals surface area contributed by atoms with Crippen molar-refractivity contribution < 1.29 is 5.21 Å². The Morgan fingerprint density at radius 3 is 2.91 bits per heavy atom. The third kappa shape index (κ3) is 0.839. The molecule has 1 N–H and O–H groups in total. The average molecular weight is 154 g/mol. The largest absolute Gasteiger partial charge is 0.352 e. The molecule has 0 aromatic heterocycles. The van der Waals surface area contributed by atoms with Crippen LogP contribution in [-0.2, 0) is 0 Å². The van der Waals surface area contributed by atoms with E-state index in [1.54, 1.807) is 0 Å². The lowest BCUT2D eigenvalue weighted by molar-refractivity contribution is -0.0744. The molecule has 2 aliphatic rings. The summed E-state index contributed by atoms with van der Waals surface area (Å²) in [5, 5.41) is 10.8. The number of hydroxylamine groups is 2. The molecule has 0 aliphatic carbocycles. The Morgan fingerprint density at radius 2 is 2.27 bits per heavy atom. The predicted octanol–water partition coefficient (Wildman–Crippen LogP) is 1.02. The van der Waals surface area contributed by atoms with Gasteiger partial charge in [0, 0.05) is 12.6 Å². The Bertz CT molecular complexity index is 193. The van der Waals surface area contributed by atoms with Crippen LogP contribution in [0, 0.1) is 0 Å². The standard InChI is InChI=1S/C8H14N2O/c1-6-3-4-8-5-9(6)7(2)10(8)11/h6,8,11H,2-5H2,1H3. The van der Waals surface area contributed by atoms with Gasteiger partial charge < -0.3 is 4.90 Å². The monoisotopic (exact) mass is 154 g/mol. The van der Waals surface area contributed by atoms with Gasteiger partial charge >= 0.3 is 0 Å². The number of hydrogen-bond donors (Lipinski definition) is 1. The second-order valence-corrected chi connectivity index (χ2v) is 3.49. The first-order valence-electron chi connectivity index (χ1n) is 4.14. The minimum Gasteiger partial charge on any atom is -0.352 e. The highest BCUT2D eigenvalue weighted by Crippen LogP contribution is 2.32. The van der Waals surface area contributed by atoms with E-state index in [1.165, 1.54) is 11.5 Å². The van der Waals surface area contributed by atoms with E-state index in [1.807, 2.05) is 0 Å². The van der Waals surface area contributed by atoms with Gasteiger partial charge in [0.2, 0.25) is 0 Å². The average Bonchev–Trinajstić information content (AvgIpc) is 2.24. The molecule has 2 rings (SSSR count). The quantitative estimate of drug-likeness (QED) is 0.564. The highest BCUT2D eigenvalue weighted by Gasteiger charge is 2.38. The zero-order valence-electron chi connectivity index (χ0n) is 6.82. The van der Waals surface area contributed by atoms with Gasteiger partial charge in [0.05, 0.1) is 6.04 Å². The van der Waals surface area contributed by atoms with Gasteiger partial charge in [-0.3, -0.25) is 5.21 Å². The summed E-state index contributed by atoms with van der Waals surface area (Å²) in [6.07, 6.45) is 2.26. The van der Waals surface area contributed by atoms with Gasteiger partial charge in [-0.25, -0.2) is 5.06 Å². The number of piperidine rings is 1. The lowest BCUT2D eigenvalue weighted by Crippen LogP contribution is -2.35. The van der Waals surface area contributed by atoms with Crippen LogP contribution in [0.4, 0.5) is 0 Å². The second kappa shape index (κ2) is 2.14. The van der Waals surface area contributed by atoms with Crippen molar-refractivity contribution in [3.05, 3.63) is 12.4 Å². The summed E-state index contributed by atoms with van der Waals surface area (Å²) in [5.74, 6) is 0.778. The van der Waals surface area contributed by atoms with Crippen LogP contribution >= 0.6 is 0 Å². The molecule has 2 bridgehead atoms. The lowest BCUT2D eigenvalue weighted by atomic mass is 10.0. The van der Waals surface area contributed by atoms with E-state index >= 15 is 0 Å². The predicted molar refractivity (Wildman–Crippen MR) is 42.0 cm³/mol. The third-order valence-corrected chi connectivity index (χ3v) is 2.80. The molecule has 2 heterocycles. The van der Waals surface area contributed by atoms with Crippen molar-refractivity contribution in [1.82, 2.24) is 9.96 Å². The maximum atomic E-state index is 9.48. The van der Waals surface area contributed by atoms with E-state index in [4.69, 9.17) is 0 Å². The minimum atomic E-state index is 0.304. The Morgan fingerprint density at radius 1 is 1.55 bits per heavy atom. The molecule has 3 heteroatoms. The molecule has 62 valence electrons. The Hall–Kier alpha value is -0.700. The zero-order chi connectivity index (χ0) is 8.01. The molecule has 2 unspecified atom stereocenters. The summed E-state index contributed by atoms with van der Waals surface area (Å²) >= 11 is 0. The molecule has 0 radical (unpaired) electrons. The first-order chi connectivity index (χ1) is 5.20. The Balaban J connectivity index is 2.22. The first-order valence-corrected chi connectivity index (χ1v) is 4.14. The molecule has 0 aromatic rings. The maximum absolute atomic E-state index is 9.48. The second-order valence-electron chi connectivity index (χ2n) is 3.49. The lowest BCUT2D eigenvalue weighted by Gasteiger charge is -2.28. The molecule has 2 atom stereocenters. The fourth-order valence-electron chi connectivity index (χ4n) is 1.99. The van der Waals surface area contributed by atoms with Crippen molar-refractivity contribution in [2.75, 3.05) is 6.54 Å². The third-order valence-electron chi connectivity index (χ3n) is 2.80. The molecule has 2 fully saturated rings. The molecule has 2 aliphatic heterocycles. The number of nitrogens with zero attached hydrogens (tertiary/aromatic N) is 2. The van der Waals surface area contributed by atoms with E-state index in [0.717, 1.165) is 18.8 Å². The number of hydrogen-bond acceptors (Lipinski definition) is 3. The van der Waals surface area contributed by atoms with Gasteiger partial charge in [0.1, 0.15) is 5.82 Å². The molecule has 0 amide bonds. The van der Waals surface area contributed by atoms with E-state index in [9.17, 15) is 5.21 Å². The van der Waals surface area contributed by atoms with Gasteiger partial charge in [-0.15, -0.1) is 0 Å². The van der Waals surface area contributed by atoms with Gasteiger partial charge in [0.15, 0.2) is 0 Å². The number of rotatable bonds is 0. The van der Waals surface area contributed by atoms with Crippen LogP contribution in [0.3, 0.4) is 0 Å². The van der Waals surface area contributed by atoms with E-state index < -0.39 is 0 Å². The highest BCUT2D eigenvalue weighted by atomic mass is 16.5. The van der Waals surface area contributed by atoms with E-state index in [-0.39, 0.29) is 0 Å². The molecule has 0 aromatic carbocycles. The SMILES string of the molecule is C=C1N(O)C2CCC(C)N1C2. The maximum Gasteiger partial charge on any atom is 0.122 e. The molecule has 2 saturated heterocycles. The van der Waals surface area contributed by atoms with Crippen LogP contribution in [0.25, 0.3) is 0 Å². The fraction of sp³-hybridized carbons (Fsp3) is 0.750. The Labute approximate surface area is 66.9 Å². The van der Waals surface area contributed by atoms with Gasteiger partial charge in [0.25, 0.3) is 0 Å². The fourth-order valence-corrected chi connectivity index (χ4v) is 1.99. The molecule has 0 saturated carbocycles. The molecular formula is C8H14N2O. The zero-order valence-corrected chi connectivity index (χ0v) is 6.82. The van der Waals surface area contributed by atoms with Crippen molar-refractivity contribution in [3.63, 3.8) is 0 Å². The smallest absolute Gasteiger partial charge is 0.122 e. The van der Waals surface area contributed by atoms with E-state index in [2.05, 4.69) is 18.4 Å². The van der Waals surface area contributed by atoms with Gasteiger partial charge in [-0.1, -0.05) is 6.58 Å². The molecule has 0 spiro atoms. The number of fused-ring (bicyclic) bond motifs is 2. The van der Waals surface area contributed by atoms with Gasteiger partial charge in [-0.05, 0) is 19.8 Å². The van der Waals surface area contributed by atoms with Gasteiger partial charge in [-0.2, -0.15) is 0 Å². The summed E-state index contributed by atoms with van der Waals surface area (Å²) in [5.41, 5.74) is 0. The normalized spacial score (nSPS) is 36.7. The van der Waals surface area contributed by atoms with Crippen LogP contribution in [0.1, 0.15) is 19.8 Å². The summed E-state index contributed by atoms with van der Waals surface area (Å²) < 4.78 is 0. The topological polar surface area (TPSA) is 26.7 Å². The van der Waals surface area contributed by atoms with Crippen molar-refractivity contribution in [2.45, 2.75) is 31.8 Å². The van der Waals surface area contributed by atoms with Crippen LogP contribution in [0.15, 0.2) is 12.4 Å². The van der Waals surface area contributed by atoms with Crippen LogP contribution < -0.4 is 0 Å². The Kier molecular flexibility index (Phi) is 1.36. The van der Waals surface area contributed by atoms with Crippen LogP contribution in [-0.4, -0.2) is 33.8 Å². The molecule has 11 heavy (non-hydrogen) atoms. The summed E-state index contributed by atoms with van der Waals surface area (Å²) in [6, 6.07) is 0.856. The van der Waals surface area contributed by atoms with Crippen molar-refractivity contribution >= 4 is 0 Å². The van der Waals surface area contributed by atoms with Crippen molar-refractivity contribution in [2.24, 2.45) is 0 Å². The summed E-state index contributed by atoms with van der Waals surface area (Å²) in [7, 11) is 0. The van der Waals surface area contributed by atoms with E-state index in [0.29, 0.717) is 12.1 Å². The molecule has 3 nitrogen and oxygen atoms in total. The summed E-state index contributed by atoms with van der Waals surface area (Å²) in [4.78, 5) is 2.17. The summed E-state index contributed by atoms with van der Waals surface area (Å²) in [6.45, 7) is 6.97. The highest BCUT2D eigenvalue weighted by molar-refractivity contribution is 5.06.